The van der Waals surface area contributed by atoms with Gasteiger partial charge in [0.15, 0.2) is 9.12 Å². The summed E-state index contributed by atoms with van der Waals surface area (Å²) in [6.07, 6.45) is 1.11. The summed E-state index contributed by atoms with van der Waals surface area (Å²) in [7, 11) is -9.18. The maximum Gasteiger partial charge on any atom is 0.191 e. The highest BCUT2D eigenvalue weighted by molar-refractivity contribution is 7.10. The SMILES string of the molecule is C=C(CC)[SiH](N([Si](C)(C)C(C)(C)C)[Si](C)(C)C(C)(C)C)N([Si](C)(C)C(C)(C)C)[Si](C)(C)C(C)(C)C. The normalized spacial score (nSPS) is 16.0. The van der Waals surface area contributed by atoms with Crippen molar-refractivity contribution in [3.05, 3.63) is 11.8 Å². The molecule has 7 heteroatoms. The molecule has 0 aliphatic heterocycles. The second kappa shape index (κ2) is 10.4. The molecule has 0 spiro atoms. The van der Waals surface area contributed by atoms with Gasteiger partial charge in [0.2, 0.25) is 0 Å². The highest BCUT2D eigenvalue weighted by atomic mass is 28.5. The third-order valence-corrected chi connectivity index (χ3v) is 50.1. The van der Waals surface area contributed by atoms with Gasteiger partial charge in [0, 0.05) is 0 Å². The first kappa shape index (κ1) is 35.7. The van der Waals surface area contributed by atoms with Gasteiger partial charge in [-0.3, -0.25) is 0 Å². The van der Waals surface area contributed by atoms with E-state index in [9.17, 15) is 0 Å². The molecule has 35 heavy (non-hydrogen) atoms. The average Bonchev–Trinajstić information content (AvgIpc) is 2.55. The van der Waals surface area contributed by atoms with Crippen LogP contribution < -0.4 is 0 Å². The standard InChI is InChI=1S/C28H68N2Si5/c1-23-24(2)31(29(32(15,16)25(3,4)5)33(17,18)26(6,7)8)30(34(19,20)27(9,10)11)35(21,22)28(12,13)14/h31H,2,23H2,1,3-22H3. The zero-order chi connectivity index (χ0) is 29.0. The lowest BCUT2D eigenvalue weighted by Gasteiger charge is -2.67. The molecular weight excluding hydrogens is 505 g/mol. The van der Waals surface area contributed by atoms with Crippen molar-refractivity contribution in [3.63, 3.8) is 0 Å². The van der Waals surface area contributed by atoms with Crippen LogP contribution in [0.5, 0.6) is 0 Å². The minimum atomic E-state index is -1.86. The molecule has 0 aliphatic rings. The van der Waals surface area contributed by atoms with Crippen LogP contribution in [0.1, 0.15) is 96.4 Å². The topological polar surface area (TPSA) is 6.48 Å². The molecule has 2 nitrogen and oxygen atoms in total. The largest absolute Gasteiger partial charge is 0.355 e. The Morgan fingerprint density at radius 2 is 0.686 bits per heavy atom. The minimum absolute atomic E-state index is 0.300. The number of allylic oxidation sites excluding steroid dienone is 1. The number of hydrogen-bond donors (Lipinski definition) is 0. The van der Waals surface area contributed by atoms with Gasteiger partial charge in [-0.1, -0.05) is 148 Å². The average molecular weight is 573 g/mol. The second-order valence-corrected chi connectivity index (χ2v) is 43.3. The molecule has 0 heterocycles. The van der Waals surface area contributed by atoms with E-state index in [0.717, 1.165) is 6.42 Å². The lowest BCUT2D eigenvalue weighted by atomic mass is 10.2. The minimum Gasteiger partial charge on any atom is -0.355 e. The molecule has 0 aromatic heterocycles. The Bertz CT molecular complexity index is 633. The fourth-order valence-electron chi connectivity index (χ4n) is 4.73. The Hall–Kier alpha value is 0.744. The van der Waals surface area contributed by atoms with Crippen molar-refractivity contribution >= 4 is 42.1 Å². The molecule has 0 radical (unpaired) electrons. The predicted molar refractivity (Wildman–Crippen MR) is 179 cm³/mol. The summed E-state index contributed by atoms with van der Waals surface area (Å²) < 4.78 is 6.71. The van der Waals surface area contributed by atoms with Gasteiger partial charge >= 0.3 is 0 Å². The van der Waals surface area contributed by atoms with Crippen LogP contribution in [-0.2, 0) is 0 Å². The summed E-state index contributed by atoms with van der Waals surface area (Å²) in [4.78, 5) is 0. The van der Waals surface area contributed by atoms with Crippen LogP contribution in [0, 0.1) is 0 Å². The van der Waals surface area contributed by atoms with Crippen LogP contribution in [0.2, 0.25) is 72.5 Å². The molecule has 0 amide bonds. The van der Waals surface area contributed by atoms with E-state index in [1.54, 1.807) is 5.20 Å². The zero-order valence-electron chi connectivity index (χ0n) is 28.4. The summed E-state index contributed by atoms with van der Waals surface area (Å²) in [5, 5.41) is 2.78. The Morgan fingerprint density at radius 1 is 0.514 bits per heavy atom. The zero-order valence-corrected chi connectivity index (χ0v) is 33.5. The summed E-state index contributed by atoms with van der Waals surface area (Å²) in [6, 6.07) is 0. The van der Waals surface area contributed by atoms with Gasteiger partial charge in [0.1, 0.15) is 32.9 Å². The fraction of sp³-hybridized carbons (Fsp3) is 0.929. The first-order valence-electron chi connectivity index (χ1n) is 14.1. The Kier molecular flexibility index (Phi) is 10.6. The molecule has 0 N–H and O–H groups in total. The lowest BCUT2D eigenvalue weighted by molar-refractivity contribution is 0.583. The van der Waals surface area contributed by atoms with Gasteiger partial charge < -0.3 is 7.79 Å². The van der Waals surface area contributed by atoms with Crippen LogP contribution in [0.15, 0.2) is 11.8 Å². The molecule has 0 fully saturated rings. The Balaban J connectivity index is 8.07. The predicted octanol–water partition coefficient (Wildman–Crippen LogP) is 10.3. The van der Waals surface area contributed by atoms with Gasteiger partial charge in [-0.15, -0.1) is 6.58 Å². The van der Waals surface area contributed by atoms with Crippen molar-refractivity contribution in [2.75, 3.05) is 0 Å². The van der Waals surface area contributed by atoms with Gasteiger partial charge in [0.25, 0.3) is 0 Å². The Labute approximate surface area is 229 Å². The maximum atomic E-state index is 4.96. The highest BCUT2D eigenvalue weighted by Gasteiger charge is 2.61. The van der Waals surface area contributed by atoms with E-state index in [1.165, 1.54) is 0 Å². The van der Waals surface area contributed by atoms with Crippen molar-refractivity contribution in [3.8, 4) is 0 Å². The van der Waals surface area contributed by atoms with Crippen LogP contribution in [0.25, 0.3) is 0 Å². The van der Waals surface area contributed by atoms with Crippen molar-refractivity contribution < 1.29 is 0 Å². The molecule has 0 aromatic rings. The smallest absolute Gasteiger partial charge is 0.191 e. The van der Waals surface area contributed by atoms with E-state index in [2.05, 4.69) is 150 Å². The molecule has 0 rings (SSSR count). The van der Waals surface area contributed by atoms with E-state index in [0.29, 0.717) is 20.2 Å². The molecule has 0 aliphatic carbocycles. The second-order valence-electron chi connectivity index (χ2n) is 17.4. The summed E-state index contributed by atoms with van der Waals surface area (Å²) >= 11 is 0. The van der Waals surface area contributed by atoms with Crippen LogP contribution in [0.4, 0.5) is 0 Å². The van der Waals surface area contributed by atoms with E-state index in [4.69, 9.17) is 6.58 Å². The molecule has 0 bridgehead atoms. The van der Waals surface area contributed by atoms with Gasteiger partial charge in [-0.05, 0) is 26.6 Å². The number of hydrogen-bond acceptors (Lipinski definition) is 2. The number of rotatable bonds is 8. The lowest BCUT2D eigenvalue weighted by Crippen LogP contribution is -2.83. The monoisotopic (exact) mass is 572 g/mol. The summed E-state index contributed by atoms with van der Waals surface area (Å²) in [5.41, 5.74) is 0. The van der Waals surface area contributed by atoms with Crippen LogP contribution in [0.3, 0.4) is 0 Å². The summed E-state index contributed by atoms with van der Waals surface area (Å²) in [5.74, 6) is 0. The third-order valence-electron chi connectivity index (χ3n) is 11.1. The highest BCUT2D eigenvalue weighted by Crippen LogP contribution is 2.53. The Morgan fingerprint density at radius 3 is 0.800 bits per heavy atom. The van der Waals surface area contributed by atoms with E-state index in [1.807, 2.05) is 0 Å². The first-order chi connectivity index (χ1) is 14.8. The molecule has 0 atom stereocenters. The number of nitrogens with zero attached hydrogens (tertiary/aromatic N) is 2. The van der Waals surface area contributed by atoms with E-state index >= 15 is 0 Å². The van der Waals surface area contributed by atoms with Crippen molar-refractivity contribution in [2.45, 2.75) is 169 Å². The quantitative estimate of drug-likeness (QED) is 0.267. The van der Waals surface area contributed by atoms with Crippen molar-refractivity contribution in [1.82, 2.24) is 7.79 Å². The molecule has 0 saturated heterocycles. The molecular formula is C28H68N2Si5. The fourth-order valence-corrected chi connectivity index (χ4v) is 43.5. The van der Waals surface area contributed by atoms with E-state index < -0.39 is 42.1 Å². The van der Waals surface area contributed by atoms with Gasteiger partial charge in [-0.25, -0.2) is 0 Å². The van der Waals surface area contributed by atoms with E-state index in [-0.39, 0.29) is 0 Å². The molecule has 210 valence electrons. The van der Waals surface area contributed by atoms with Crippen molar-refractivity contribution in [1.29, 1.82) is 0 Å². The molecule has 0 saturated carbocycles. The third kappa shape index (κ3) is 6.67. The first-order valence-corrected chi connectivity index (χ1v) is 27.5. The maximum absolute atomic E-state index is 4.96. The van der Waals surface area contributed by atoms with Crippen LogP contribution in [-0.4, -0.2) is 49.9 Å². The molecule has 0 aromatic carbocycles. The van der Waals surface area contributed by atoms with Crippen LogP contribution >= 0.6 is 0 Å². The van der Waals surface area contributed by atoms with Gasteiger partial charge in [-0.2, -0.15) is 0 Å². The van der Waals surface area contributed by atoms with Crippen molar-refractivity contribution in [2.24, 2.45) is 0 Å². The van der Waals surface area contributed by atoms with Gasteiger partial charge in [0.05, 0.1) is 0 Å². The molecule has 0 unspecified atom stereocenters. The summed E-state index contributed by atoms with van der Waals surface area (Å²) in [6.45, 7) is 59.3.